The highest BCUT2D eigenvalue weighted by Crippen LogP contribution is 2.39. The zero-order valence-corrected chi connectivity index (χ0v) is 13.4. The Balaban J connectivity index is 1.63. The number of carbonyl (C=O) groups excluding carboxylic acids is 1. The second-order valence-corrected chi connectivity index (χ2v) is 6.91. The third-order valence-electron chi connectivity index (χ3n) is 3.57. The number of nitrogens with one attached hydrogen (secondary N) is 1. The number of thioether (sulfide) groups is 1. The summed E-state index contributed by atoms with van der Waals surface area (Å²) in [5.74, 6) is 7.17. The van der Waals surface area contributed by atoms with Gasteiger partial charge in [-0.25, -0.2) is 4.68 Å². The van der Waals surface area contributed by atoms with Gasteiger partial charge in [0.05, 0.1) is 5.25 Å². The third-order valence-corrected chi connectivity index (χ3v) is 4.63. The van der Waals surface area contributed by atoms with Crippen molar-refractivity contribution in [1.29, 1.82) is 0 Å². The predicted octanol–water partition coefficient (Wildman–Crippen LogP) is 2.30. The van der Waals surface area contributed by atoms with Gasteiger partial charge in [0.2, 0.25) is 11.1 Å². The molecule has 6 nitrogen and oxygen atoms in total. The van der Waals surface area contributed by atoms with Gasteiger partial charge in [-0.2, -0.15) is 0 Å². The SMILES string of the molecule is Cc1cccc(NC(=O)[C@@H](C)Sc2nnc(C3CC3)n2N)c1. The van der Waals surface area contributed by atoms with Crippen molar-refractivity contribution >= 4 is 23.4 Å². The van der Waals surface area contributed by atoms with Crippen molar-refractivity contribution in [3.63, 3.8) is 0 Å². The van der Waals surface area contributed by atoms with E-state index in [-0.39, 0.29) is 11.2 Å². The molecule has 1 amide bonds. The quantitative estimate of drug-likeness (QED) is 0.653. The van der Waals surface area contributed by atoms with Crippen LogP contribution in [0.15, 0.2) is 29.4 Å². The molecule has 1 aliphatic carbocycles. The summed E-state index contributed by atoms with van der Waals surface area (Å²) in [6.07, 6.45) is 2.23. The molecule has 1 aromatic heterocycles. The van der Waals surface area contributed by atoms with E-state index in [0.29, 0.717) is 11.1 Å². The first-order valence-electron chi connectivity index (χ1n) is 7.29. The molecule has 1 atom stereocenters. The first-order valence-corrected chi connectivity index (χ1v) is 8.17. The van der Waals surface area contributed by atoms with Crippen molar-refractivity contribution in [2.45, 2.75) is 43.0 Å². The van der Waals surface area contributed by atoms with Gasteiger partial charge in [0.25, 0.3) is 0 Å². The lowest BCUT2D eigenvalue weighted by molar-refractivity contribution is -0.115. The summed E-state index contributed by atoms with van der Waals surface area (Å²) in [7, 11) is 0. The van der Waals surface area contributed by atoms with Gasteiger partial charge in [0.15, 0.2) is 5.82 Å². The predicted molar refractivity (Wildman–Crippen MR) is 87.3 cm³/mol. The summed E-state index contributed by atoms with van der Waals surface area (Å²) in [6.45, 7) is 3.82. The van der Waals surface area contributed by atoms with E-state index in [1.807, 2.05) is 38.1 Å². The number of carbonyl (C=O) groups is 1. The van der Waals surface area contributed by atoms with Gasteiger partial charge >= 0.3 is 0 Å². The molecule has 1 fully saturated rings. The monoisotopic (exact) mass is 317 g/mol. The smallest absolute Gasteiger partial charge is 0.237 e. The topological polar surface area (TPSA) is 85.8 Å². The zero-order valence-electron chi connectivity index (χ0n) is 12.6. The number of hydrogen-bond acceptors (Lipinski definition) is 5. The maximum atomic E-state index is 12.3. The lowest BCUT2D eigenvalue weighted by Crippen LogP contribution is -2.23. The summed E-state index contributed by atoms with van der Waals surface area (Å²) >= 11 is 1.32. The highest BCUT2D eigenvalue weighted by atomic mass is 32.2. The van der Waals surface area contributed by atoms with E-state index in [4.69, 9.17) is 5.84 Å². The minimum atomic E-state index is -0.306. The van der Waals surface area contributed by atoms with Crippen LogP contribution in [0.2, 0.25) is 0 Å². The molecular formula is C15H19N5OS. The van der Waals surface area contributed by atoms with Gasteiger partial charge in [-0.1, -0.05) is 23.9 Å². The highest BCUT2D eigenvalue weighted by molar-refractivity contribution is 8.00. The van der Waals surface area contributed by atoms with E-state index >= 15 is 0 Å². The summed E-state index contributed by atoms with van der Waals surface area (Å²) < 4.78 is 1.51. The Labute approximate surface area is 133 Å². The van der Waals surface area contributed by atoms with Crippen LogP contribution < -0.4 is 11.2 Å². The number of aromatic nitrogens is 3. The van der Waals surface area contributed by atoms with Crippen LogP contribution in [-0.4, -0.2) is 26.0 Å². The van der Waals surface area contributed by atoms with Gasteiger partial charge in [0.1, 0.15) is 0 Å². The number of nitrogen functional groups attached to an aromatic ring is 1. The molecule has 1 saturated carbocycles. The molecule has 0 saturated heterocycles. The first-order chi connectivity index (χ1) is 10.5. The Bertz CT molecular complexity index is 695. The number of rotatable bonds is 5. The molecule has 0 unspecified atom stereocenters. The van der Waals surface area contributed by atoms with Crippen molar-refractivity contribution in [2.24, 2.45) is 0 Å². The van der Waals surface area contributed by atoms with Crippen LogP contribution in [0.4, 0.5) is 5.69 Å². The fourth-order valence-electron chi connectivity index (χ4n) is 2.17. The van der Waals surface area contributed by atoms with Gasteiger partial charge in [-0.3, -0.25) is 4.79 Å². The van der Waals surface area contributed by atoms with Crippen molar-refractivity contribution in [1.82, 2.24) is 14.9 Å². The summed E-state index contributed by atoms with van der Waals surface area (Å²) in [4.78, 5) is 12.3. The fourth-order valence-corrected chi connectivity index (χ4v) is 2.94. The molecule has 3 rings (SSSR count). The number of amides is 1. The molecule has 0 bridgehead atoms. The molecule has 3 N–H and O–H groups in total. The molecule has 1 heterocycles. The van der Waals surface area contributed by atoms with Crippen molar-refractivity contribution in [3.05, 3.63) is 35.7 Å². The third kappa shape index (κ3) is 3.24. The van der Waals surface area contributed by atoms with Gasteiger partial charge in [-0.15, -0.1) is 10.2 Å². The van der Waals surface area contributed by atoms with Crippen molar-refractivity contribution in [2.75, 3.05) is 11.2 Å². The normalized spacial score (nSPS) is 15.5. The molecular weight excluding hydrogens is 298 g/mol. The number of nitrogens with zero attached hydrogens (tertiary/aromatic N) is 3. The van der Waals surface area contributed by atoms with Crippen LogP contribution in [-0.2, 0) is 4.79 Å². The molecule has 1 aliphatic rings. The van der Waals surface area contributed by atoms with Crippen LogP contribution in [0.3, 0.4) is 0 Å². The van der Waals surface area contributed by atoms with Crippen LogP contribution in [0.1, 0.15) is 37.1 Å². The molecule has 1 aromatic carbocycles. The highest BCUT2D eigenvalue weighted by Gasteiger charge is 2.30. The molecule has 0 spiro atoms. The van der Waals surface area contributed by atoms with Gasteiger partial charge < -0.3 is 11.2 Å². The van der Waals surface area contributed by atoms with Gasteiger partial charge in [0, 0.05) is 11.6 Å². The minimum Gasteiger partial charge on any atom is -0.336 e. The number of hydrogen-bond donors (Lipinski definition) is 2. The summed E-state index contributed by atoms with van der Waals surface area (Å²) in [5.41, 5.74) is 1.90. The Morgan fingerprint density at radius 2 is 2.23 bits per heavy atom. The molecule has 116 valence electrons. The van der Waals surface area contributed by atoms with Crippen molar-refractivity contribution < 1.29 is 4.79 Å². The number of nitrogens with two attached hydrogens (primary N) is 1. The Morgan fingerprint density at radius 3 is 2.91 bits per heavy atom. The molecule has 2 aromatic rings. The standard InChI is InChI=1S/C15H19N5OS/c1-9-4-3-5-12(8-9)17-14(21)10(2)22-15-19-18-13(20(15)16)11-6-7-11/h3-5,8,10-11H,6-7,16H2,1-2H3,(H,17,21)/t10-/m1/s1. The maximum Gasteiger partial charge on any atom is 0.237 e. The van der Waals surface area contributed by atoms with Crippen LogP contribution in [0.25, 0.3) is 0 Å². The van der Waals surface area contributed by atoms with Crippen LogP contribution in [0, 0.1) is 6.92 Å². The van der Waals surface area contributed by atoms with E-state index in [1.54, 1.807) is 0 Å². The van der Waals surface area contributed by atoms with E-state index in [9.17, 15) is 4.79 Å². The lowest BCUT2D eigenvalue weighted by atomic mass is 10.2. The number of anilines is 1. The fraction of sp³-hybridized carbons (Fsp3) is 0.400. The van der Waals surface area contributed by atoms with E-state index < -0.39 is 0 Å². The largest absolute Gasteiger partial charge is 0.336 e. The average Bonchev–Trinajstić information content (AvgIpc) is 3.25. The zero-order chi connectivity index (χ0) is 15.7. The Hall–Kier alpha value is -2.02. The summed E-state index contributed by atoms with van der Waals surface area (Å²) in [5, 5.41) is 11.4. The molecule has 7 heteroatoms. The van der Waals surface area contributed by atoms with E-state index in [2.05, 4.69) is 15.5 Å². The van der Waals surface area contributed by atoms with Crippen LogP contribution in [0.5, 0.6) is 0 Å². The van der Waals surface area contributed by atoms with Crippen molar-refractivity contribution in [3.8, 4) is 0 Å². The molecule has 0 radical (unpaired) electrons. The van der Waals surface area contributed by atoms with E-state index in [1.165, 1.54) is 16.4 Å². The first kappa shape index (κ1) is 14.9. The maximum absolute atomic E-state index is 12.3. The van der Waals surface area contributed by atoms with E-state index in [0.717, 1.165) is 29.9 Å². The lowest BCUT2D eigenvalue weighted by Gasteiger charge is -2.11. The second kappa shape index (κ2) is 6.00. The Morgan fingerprint density at radius 1 is 1.45 bits per heavy atom. The minimum absolute atomic E-state index is 0.0772. The molecule has 22 heavy (non-hydrogen) atoms. The van der Waals surface area contributed by atoms with Gasteiger partial charge in [-0.05, 0) is 44.4 Å². The number of aryl methyl sites for hydroxylation is 1. The molecule has 0 aliphatic heterocycles. The second-order valence-electron chi connectivity index (χ2n) is 5.60. The summed E-state index contributed by atoms with van der Waals surface area (Å²) in [6, 6.07) is 7.72. The number of benzene rings is 1. The Kier molecular flexibility index (Phi) is 4.06. The van der Waals surface area contributed by atoms with Crippen LogP contribution >= 0.6 is 11.8 Å². The average molecular weight is 317 g/mol.